The van der Waals surface area contributed by atoms with E-state index in [0.717, 1.165) is 42.8 Å². The summed E-state index contributed by atoms with van der Waals surface area (Å²) in [5.41, 5.74) is 0.965. The summed E-state index contributed by atoms with van der Waals surface area (Å²) in [5.74, 6) is 2.74. The van der Waals surface area contributed by atoms with Gasteiger partial charge in [-0.3, -0.25) is 0 Å². The summed E-state index contributed by atoms with van der Waals surface area (Å²) < 4.78 is 5.89. The molecule has 0 aliphatic rings. The summed E-state index contributed by atoms with van der Waals surface area (Å²) in [6.45, 7) is 14.4. The maximum atomic E-state index is 5.89. The van der Waals surface area contributed by atoms with Crippen LogP contribution in [0.15, 0.2) is 6.20 Å². The molecule has 0 aliphatic heterocycles. The quantitative estimate of drug-likeness (QED) is 0.701. The van der Waals surface area contributed by atoms with Crippen LogP contribution in [-0.4, -0.2) is 22.6 Å². The molecule has 1 rings (SSSR count). The van der Waals surface area contributed by atoms with Crippen molar-refractivity contribution in [1.82, 2.24) is 15.3 Å². The van der Waals surface area contributed by atoms with Gasteiger partial charge in [0.25, 0.3) is 0 Å². The zero-order valence-electron chi connectivity index (χ0n) is 14.4. The summed E-state index contributed by atoms with van der Waals surface area (Å²) in [6, 6.07) is 0.427. The molecule has 1 aromatic rings. The molecule has 4 heteroatoms. The third-order valence-electron chi connectivity index (χ3n) is 3.23. The van der Waals surface area contributed by atoms with E-state index in [9.17, 15) is 0 Å². The van der Waals surface area contributed by atoms with Gasteiger partial charge in [-0.2, -0.15) is 0 Å². The Morgan fingerprint density at radius 3 is 2.43 bits per heavy atom. The Labute approximate surface area is 129 Å². The van der Waals surface area contributed by atoms with Gasteiger partial charge in [-0.05, 0) is 18.8 Å². The molecule has 0 aromatic carbocycles. The van der Waals surface area contributed by atoms with E-state index in [0.29, 0.717) is 12.0 Å². The van der Waals surface area contributed by atoms with Gasteiger partial charge in [0, 0.05) is 18.5 Å². The molecule has 0 amide bonds. The number of hydrogen-bond acceptors (Lipinski definition) is 4. The van der Waals surface area contributed by atoms with E-state index < -0.39 is 0 Å². The number of rotatable bonds is 9. The number of nitrogens with zero attached hydrogens (tertiary/aromatic N) is 2. The van der Waals surface area contributed by atoms with E-state index in [2.05, 4.69) is 56.8 Å². The van der Waals surface area contributed by atoms with E-state index in [1.54, 1.807) is 0 Å². The molecule has 0 saturated heterocycles. The Morgan fingerprint density at radius 1 is 1.14 bits per heavy atom. The van der Waals surface area contributed by atoms with Gasteiger partial charge in [-0.15, -0.1) is 0 Å². The van der Waals surface area contributed by atoms with Crippen LogP contribution < -0.4 is 10.1 Å². The molecule has 0 aliphatic carbocycles. The third kappa shape index (κ3) is 6.89. The van der Waals surface area contributed by atoms with Gasteiger partial charge in [-0.25, -0.2) is 9.97 Å². The zero-order chi connectivity index (χ0) is 15.8. The van der Waals surface area contributed by atoms with E-state index in [4.69, 9.17) is 4.74 Å². The van der Waals surface area contributed by atoms with Crippen molar-refractivity contribution in [3.8, 4) is 5.75 Å². The van der Waals surface area contributed by atoms with Crippen LogP contribution in [0.25, 0.3) is 0 Å². The molecule has 1 aromatic heterocycles. The number of ether oxygens (including phenoxy) is 1. The SMILES string of the molecule is CC(C)CCCOc1cnc(C(C)C)nc1CNC(C)C. The Balaban J connectivity index is 2.70. The summed E-state index contributed by atoms with van der Waals surface area (Å²) in [7, 11) is 0. The third-order valence-corrected chi connectivity index (χ3v) is 3.23. The highest BCUT2D eigenvalue weighted by atomic mass is 16.5. The lowest BCUT2D eigenvalue weighted by Crippen LogP contribution is -2.23. The van der Waals surface area contributed by atoms with Crippen LogP contribution in [0, 0.1) is 5.92 Å². The van der Waals surface area contributed by atoms with E-state index >= 15 is 0 Å². The maximum Gasteiger partial charge on any atom is 0.160 e. The largest absolute Gasteiger partial charge is 0.490 e. The van der Waals surface area contributed by atoms with Gasteiger partial charge in [0.2, 0.25) is 0 Å². The first kappa shape index (κ1) is 17.9. The van der Waals surface area contributed by atoms with Crippen molar-refractivity contribution >= 4 is 0 Å². The predicted octanol–water partition coefficient (Wildman–Crippen LogP) is 3.91. The van der Waals surface area contributed by atoms with Crippen molar-refractivity contribution < 1.29 is 4.74 Å². The van der Waals surface area contributed by atoms with Crippen LogP contribution in [-0.2, 0) is 6.54 Å². The Hall–Kier alpha value is -1.16. The lowest BCUT2D eigenvalue weighted by Gasteiger charge is -2.15. The number of nitrogens with one attached hydrogen (secondary N) is 1. The standard InChI is InChI=1S/C17H31N3O/c1-12(2)8-7-9-21-16-11-19-17(13(3)4)20-15(16)10-18-14(5)6/h11-14,18H,7-10H2,1-6H3. The molecule has 4 nitrogen and oxygen atoms in total. The molecule has 0 saturated carbocycles. The van der Waals surface area contributed by atoms with E-state index in [-0.39, 0.29) is 0 Å². The van der Waals surface area contributed by atoms with Crippen LogP contribution in [0.1, 0.15) is 71.8 Å². The second kappa shape index (κ2) is 8.98. The molecule has 0 bridgehead atoms. The zero-order valence-corrected chi connectivity index (χ0v) is 14.4. The van der Waals surface area contributed by atoms with Crippen molar-refractivity contribution in [3.05, 3.63) is 17.7 Å². The molecule has 0 spiro atoms. The highest BCUT2D eigenvalue weighted by Crippen LogP contribution is 2.19. The molecule has 1 heterocycles. The second-order valence-corrected chi connectivity index (χ2v) is 6.61. The summed E-state index contributed by atoms with van der Waals surface area (Å²) in [5, 5.41) is 3.41. The topological polar surface area (TPSA) is 47.0 Å². The molecule has 0 unspecified atom stereocenters. The van der Waals surface area contributed by atoms with Gasteiger partial charge in [-0.1, -0.05) is 41.5 Å². The van der Waals surface area contributed by atoms with Crippen molar-refractivity contribution in [2.75, 3.05) is 6.61 Å². The van der Waals surface area contributed by atoms with Crippen LogP contribution in [0.4, 0.5) is 0 Å². The van der Waals surface area contributed by atoms with Crippen LogP contribution in [0.5, 0.6) is 5.75 Å². The average Bonchev–Trinajstić information content (AvgIpc) is 2.41. The Bertz CT molecular complexity index is 416. The second-order valence-electron chi connectivity index (χ2n) is 6.61. The van der Waals surface area contributed by atoms with Crippen molar-refractivity contribution in [2.45, 2.75) is 72.9 Å². The van der Waals surface area contributed by atoms with Gasteiger partial charge in [0.05, 0.1) is 18.5 Å². The van der Waals surface area contributed by atoms with E-state index in [1.807, 2.05) is 6.20 Å². The summed E-state index contributed by atoms with van der Waals surface area (Å²) in [4.78, 5) is 9.08. The molecular formula is C17H31N3O. The maximum absolute atomic E-state index is 5.89. The summed E-state index contributed by atoms with van der Waals surface area (Å²) >= 11 is 0. The highest BCUT2D eigenvalue weighted by molar-refractivity contribution is 5.25. The fourth-order valence-corrected chi connectivity index (χ4v) is 1.92. The fourth-order valence-electron chi connectivity index (χ4n) is 1.92. The highest BCUT2D eigenvalue weighted by Gasteiger charge is 2.11. The number of hydrogen-bond donors (Lipinski definition) is 1. The first-order chi connectivity index (χ1) is 9.90. The van der Waals surface area contributed by atoms with Gasteiger partial charge in [0.15, 0.2) is 5.75 Å². The fraction of sp³-hybridized carbons (Fsp3) is 0.765. The smallest absolute Gasteiger partial charge is 0.160 e. The Kier molecular flexibility index (Phi) is 7.65. The number of aromatic nitrogens is 2. The molecule has 0 fully saturated rings. The van der Waals surface area contributed by atoms with Crippen molar-refractivity contribution in [3.63, 3.8) is 0 Å². The minimum Gasteiger partial charge on any atom is -0.490 e. The lowest BCUT2D eigenvalue weighted by molar-refractivity contribution is 0.290. The molecule has 0 radical (unpaired) electrons. The predicted molar refractivity (Wildman–Crippen MR) is 87.7 cm³/mol. The molecule has 21 heavy (non-hydrogen) atoms. The van der Waals surface area contributed by atoms with Gasteiger partial charge < -0.3 is 10.1 Å². The van der Waals surface area contributed by atoms with Crippen LogP contribution in [0.3, 0.4) is 0 Å². The van der Waals surface area contributed by atoms with Crippen LogP contribution in [0.2, 0.25) is 0 Å². The monoisotopic (exact) mass is 293 g/mol. The van der Waals surface area contributed by atoms with E-state index in [1.165, 1.54) is 6.42 Å². The first-order valence-electron chi connectivity index (χ1n) is 8.12. The van der Waals surface area contributed by atoms with Crippen molar-refractivity contribution in [2.24, 2.45) is 5.92 Å². The molecule has 120 valence electrons. The Morgan fingerprint density at radius 2 is 1.86 bits per heavy atom. The first-order valence-corrected chi connectivity index (χ1v) is 8.12. The molecule has 1 N–H and O–H groups in total. The minimum absolute atomic E-state index is 0.331. The van der Waals surface area contributed by atoms with Crippen molar-refractivity contribution in [1.29, 1.82) is 0 Å². The average molecular weight is 293 g/mol. The van der Waals surface area contributed by atoms with Crippen LogP contribution >= 0.6 is 0 Å². The summed E-state index contributed by atoms with van der Waals surface area (Å²) in [6.07, 6.45) is 4.08. The minimum atomic E-state index is 0.331. The molecular weight excluding hydrogens is 262 g/mol. The molecule has 0 atom stereocenters. The normalized spacial score (nSPS) is 11.7. The van der Waals surface area contributed by atoms with Gasteiger partial charge >= 0.3 is 0 Å². The lowest BCUT2D eigenvalue weighted by atomic mass is 10.1. The van der Waals surface area contributed by atoms with Gasteiger partial charge in [0.1, 0.15) is 5.82 Å².